The maximum atomic E-state index is 12.5. The third kappa shape index (κ3) is 5.75. The van der Waals surface area contributed by atoms with Gasteiger partial charge in [0.15, 0.2) is 0 Å². The van der Waals surface area contributed by atoms with E-state index < -0.39 is 24.6 Å². The van der Waals surface area contributed by atoms with Crippen molar-refractivity contribution >= 4 is 18.0 Å². The molecule has 0 spiro atoms. The third-order valence-corrected chi connectivity index (χ3v) is 6.63. The van der Waals surface area contributed by atoms with Gasteiger partial charge < -0.3 is 25.6 Å². The molecule has 1 saturated carbocycles. The Morgan fingerprint density at radius 2 is 1.65 bits per heavy atom. The molecule has 0 heterocycles. The van der Waals surface area contributed by atoms with Crippen LogP contribution in [-0.2, 0) is 14.3 Å². The smallest absolute Gasteiger partial charge is 0.407 e. The Hall–Kier alpha value is -3.39. The van der Waals surface area contributed by atoms with Crippen molar-refractivity contribution < 1.29 is 29.3 Å². The molecule has 2 amide bonds. The fourth-order valence-electron chi connectivity index (χ4n) is 5.04. The van der Waals surface area contributed by atoms with Crippen molar-refractivity contribution in [2.24, 2.45) is 5.92 Å². The first-order valence-electron chi connectivity index (χ1n) is 11.7. The van der Waals surface area contributed by atoms with E-state index in [1.54, 1.807) is 0 Å². The number of aliphatic carboxylic acids is 1. The minimum Gasteiger partial charge on any atom is -0.481 e. The lowest BCUT2D eigenvalue weighted by molar-refractivity contribution is -0.139. The van der Waals surface area contributed by atoms with Gasteiger partial charge in [0.25, 0.3) is 0 Å². The summed E-state index contributed by atoms with van der Waals surface area (Å²) >= 11 is 0. The van der Waals surface area contributed by atoms with Crippen molar-refractivity contribution in [2.45, 2.75) is 50.2 Å². The second-order valence-corrected chi connectivity index (χ2v) is 9.11. The summed E-state index contributed by atoms with van der Waals surface area (Å²) in [5, 5.41) is 23.7. The van der Waals surface area contributed by atoms with Crippen molar-refractivity contribution in [1.82, 2.24) is 10.6 Å². The Bertz CT molecular complexity index is 1010. The average Bonchev–Trinajstić information content (AvgIpc) is 3.37. The normalized spacial score (nSPS) is 19.7. The summed E-state index contributed by atoms with van der Waals surface area (Å²) in [6, 6.07) is 16.3. The zero-order valence-electron chi connectivity index (χ0n) is 18.9. The van der Waals surface area contributed by atoms with Crippen molar-refractivity contribution in [1.29, 1.82) is 0 Å². The third-order valence-electron chi connectivity index (χ3n) is 6.63. The maximum absolute atomic E-state index is 12.5. The summed E-state index contributed by atoms with van der Waals surface area (Å²) in [5.41, 5.74) is 4.69. The summed E-state index contributed by atoms with van der Waals surface area (Å²) in [5.74, 6) is -1.21. The van der Waals surface area contributed by atoms with Gasteiger partial charge in [0.2, 0.25) is 5.91 Å². The number of nitrogens with one attached hydrogen (secondary N) is 2. The molecular weight excluding hydrogens is 436 g/mol. The molecule has 2 aromatic rings. The molecule has 8 heteroatoms. The number of rotatable bonds is 9. The predicted octanol–water partition coefficient (Wildman–Crippen LogP) is 3.04. The number of alkyl carbamates (subject to hydrolysis) is 1. The maximum Gasteiger partial charge on any atom is 0.407 e. The van der Waals surface area contributed by atoms with Crippen LogP contribution in [0.25, 0.3) is 11.1 Å². The molecule has 0 bridgehead atoms. The summed E-state index contributed by atoms with van der Waals surface area (Å²) in [4.78, 5) is 35.1. The highest BCUT2D eigenvalue weighted by atomic mass is 16.5. The van der Waals surface area contributed by atoms with E-state index in [9.17, 15) is 19.5 Å². The lowest BCUT2D eigenvalue weighted by Crippen LogP contribution is -2.35. The van der Waals surface area contributed by atoms with E-state index in [-0.39, 0.29) is 43.4 Å². The molecular formula is C26H30N2O6. The fraction of sp³-hybridized carbons (Fsp3) is 0.423. The van der Waals surface area contributed by atoms with E-state index in [4.69, 9.17) is 9.84 Å². The minimum absolute atomic E-state index is 0.00894. The lowest BCUT2D eigenvalue weighted by atomic mass is 9.98. The van der Waals surface area contributed by atoms with Crippen molar-refractivity contribution in [3.8, 4) is 11.1 Å². The zero-order chi connectivity index (χ0) is 24.1. The first-order valence-corrected chi connectivity index (χ1v) is 11.7. The molecule has 34 heavy (non-hydrogen) atoms. The Kier molecular flexibility index (Phi) is 7.47. The molecule has 1 unspecified atom stereocenters. The molecule has 4 rings (SSSR count). The molecule has 0 aliphatic heterocycles. The summed E-state index contributed by atoms with van der Waals surface area (Å²) in [6.45, 7) is 0.177. The van der Waals surface area contributed by atoms with Gasteiger partial charge in [0, 0.05) is 24.9 Å². The molecule has 4 N–H and O–H groups in total. The number of carboxylic acids is 1. The highest BCUT2D eigenvalue weighted by Gasteiger charge is 2.31. The molecule has 1 fully saturated rings. The van der Waals surface area contributed by atoms with Crippen LogP contribution in [0.2, 0.25) is 0 Å². The van der Waals surface area contributed by atoms with Crippen LogP contribution in [0, 0.1) is 5.92 Å². The Labute approximate surface area is 198 Å². The van der Waals surface area contributed by atoms with Crippen molar-refractivity contribution in [3.63, 3.8) is 0 Å². The topological polar surface area (TPSA) is 125 Å². The average molecular weight is 467 g/mol. The number of carbonyl (C=O) groups is 3. The van der Waals surface area contributed by atoms with Crippen LogP contribution < -0.4 is 10.6 Å². The highest BCUT2D eigenvalue weighted by molar-refractivity contribution is 5.79. The largest absolute Gasteiger partial charge is 0.481 e. The SMILES string of the molecule is O=C(O)CC(O)CNC(=O)C[C@@H]1CC[C@H](NC(=O)OCC2c3ccccc3-c3ccccc32)C1. The van der Waals surface area contributed by atoms with Crippen LogP contribution in [0.4, 0.5) is 4.79 Å². The number of aliphatic hydroxyl groups excluding tert-OH is 1. The molecule has 180 valence electrons. The van der Waals surface area contributed by atoms with Gasteiger partial charge in [-0.25, -0.2) is 4.79 Å². The van der Waals surface area contributed by atoms with Gasteiger partial charge in [0.1, 0.15) is 6.61 Å². The molecule has 0 aromatic heterocycles. The second kappa shape index (κ2) is 10.7. The molecule has 2 aromatic carbocycles. The van der Waals surface area contributed by atoms with E-state index in [0.29, 0.717) is 6.42 Å². The number of aliphatic hydroxyl groups is 1. The first kappa shape index (κ1) is 23.8. The molecule has 2 aliphatic rings. The number of benzene rings is 2. The number of carboxylic acid groups (broad SMARTS) is 1. The van der Waals surface area contributed by atoms with Crippen molar-refractivity contribution in [2.75, 3.05) is 13.2 Å². The number of hydrogen-bond donors (Lipinski definition) is 4. The van der Waals surface area contributed by atoms with Gasteiger partial charge in [-0.15, -0.1) is 0 Å². The van der Waals surface area contributed by atoms with Gasteiger partial charge in [-0.2, -0.15) is 0 Å². The second-order valence-electron chi connectivity index (χ2n) is 9.11. The Morgan fingerprint density at radius 3 is 2.29 bits per heavy atom. The predicted molar refractivity (Wildman–Crippen MR) is 125 cm³/mol. The summed E-state index contributed by atoms with van der Waals surface area (Å²) in [6.07, 6.45) is 0.568. The van der Waals surface area contributed by atoms with Gasteiger partial charge >= 0.3 is 12.1 Å². The fourth-order valence-corrected chi connectivity index (χ4v) is 5.04. The van der Waals surface area contributed by atoms with Crippen LogP contribution in [0.5, 0.6) is 0 Å². The van der Waals surface area contributed by atoms with Crippen LogP contribution in [0.15, 0.2) is 48.5 Å². The van der Waals surface area contributed by atoms with Crippen LogP contribution in [-0.4, -0.2) is 53.5 Å². The van der Waals surface area contributed by atoms with E-state index in [1.807, 2.05) is 24.3 Å². The molecule has 0 saturated heterocycles. The van der Waals surface area contributed by atoms with Gasteiger partial charge in [-0.05, 0) is 47.4 Å². The highest BCUT2D eigenvalue weighted by Crippen LogP contribution is 2.44. The molecule has 8 nitrogen and oxygen atoms in total. The number of amides is 2. The summed E-state index contributed by atoms with van der Waals surface area (Å²) < 4.78 is 5.61. The number of hydrogen-bond acceptors (Lipinski definition) is 5. The van der Waals surface area contributed by atoms with Crippen LogP contribution in [0.3, 0.4) is 0 Å². The van der Waals surface area contributed by atoms with E-state index >= 15 is 0 Å². The number of fused-ring (bicyclic) bond motifs is 3. The zero-order valence-corrected chi connectivity index (χ0v) is 18.9. The van der Waals surface area contributed by atoms with Crippen molar-refractivity contribution in [3.05, 3.63) is 59.7 Å². The molecule has 3 atom stereocenters. The first-order chi connectivity index (χ1) is 16.4. The van der Waals surface area contributed by atoms with Gasteiger partial charge in [0.05, 0.1) is 12.5 Å². The van der Waals surface area contributed by atoms with E-state index in [1.165, 1.54) is 11.1 Å². The van der Waals surface area contributed by atoms with Gasteiger partial charge in [-0.3, -0.25) is 9.59 Å². The Morgan fingerprint density at radius 1 is 1.00 bits per heavy atom. The quantitative estimate of drug-likeness (QED) is 0.450. The van der Waals surface area contributed by atoms with Crippen LogP contribution >= 0.6 is 0 Å². The standard InChI is InChI=1S/C26H30N2O6/c29-18(13-25(31)32)14-27-24(30)12-16-9-10-17(11-16)28-26(33)34-15-23-21-7-3-1-5-19(21)20-6-2-4-8-22(20)23/h1-8,16-18,23,29H,9-15H2,(H,27,30)(H,28,33)(H,31,32)/t16-,17+,18?/m1/s1. The Balaban J connectivity index is 1.21. The van der Waals surface area contributed by atoms with Crippen LogP contribution in [0.1, 0.15) is 49.1 Å². The lowest BCUT2D eigenvalue weighted by Gasteiger charge is -2.17. The number of carbonyl (C=O) groups excluding carboxylic acids is 2. The minimum atomic E-state index is -1.11. The molecule has 2 aliphatic carbocycles. The monoisotopic (exact) mass is 466 g/mol. The van der Waals surface area contributed by atoms with E-state index in [0.717, 1.165) is 24.0 Å². The summed E-state index contributed by atoms with van der Waals surface area (Å²) in [7, 11) is 0. The van der Waals surface area contributed by atoms with E-state index in [2.05, 4.69) is 34.9 Å². The van der Waals surface area contributed by atoms with Gasteiger partial charge in [-0.1, -0.05) is 48.5 Å². The molecule has 0 radical (unpaired) electrons. The number of ether oxygens (including phenoxy) is 1.